The van der Waals surface area contributed by atoms with Crippen molar-refractivity contribution in [2.75, 3.05) is 33.7 Å². The molecule has 0 bridgehead atoms. The van der Waals surface area contributed by atoms with Gasteiger partial charge >= 0.3 is 0 Å². The molecule has 2 N–H and O–H groups in total. The van der Waals surface area contributed by atoms with Crippen molar-refractivity contribution in [3.05, 3.63) is 35.9 Å². The number of rotatable bonds is 4. The fourth-order valence-corrected chi connectivity index (χ4v) is 3.07. The number of carbonyl (C=O) groups is 1. The van der Waals surface area contributed by atoms with E-state index in [1.807, 2.05) is 42.2 Å². The third kappa shape index (κ3) is 5.64. The van der Waals surface area contributed by atoms with E-state index in [4.69, 9.17) is 5.73 Å². The molecule has 1 aliphatic heterocycles. The first-order valence-corrected chi connectivity index (χ1v) is 7.69. The third-order valence-electron chi connectivity index (χ3n) is 4.34. The summed E-state index contributed by atoms with van der Waals surface area (Å²) in [6.45, 7) is 4.55. The lowest BCUT2D eigenvalue weighted by molar-refractivity contribution is -0.138. The number of nitrogens with zero attached hydrogens (tertiary/aromatic N) is 2. The molecule has 1 aromatic rings. The molecule has 1 unspecified atom stereocenters. The number of carbonyl (C=O) groups excluding carboxylic acids is 1. The molecule has 2 rings (SSSR count). The Labute approximate surface area is 152 Å². The van der Waals surface area contributed by atoms with E-state index in [-0.39, 0.29) is 30.7 Å². The van der Waals surface area contributed by atoms with E-state index >= 15 is 0 Å². The average Bonchev–Trinajstić information content (AvgIpc) is 2.47. The molecule has 0 saturated carbocycles. The molecule has 1 atom stereocenters. The van der Waals surface area contributed by atoms with Crippen LogP contribution in [0.4, 0.5) is 0 Å². The van der Waals surface area contributed by atoms with Crippen LogP contribution in [0, 0.1) is 5.92 Å². The van der Waals surface area contributed by atoms with E-state index in [1.165, 1.54) is 0 Å². The van der Waals surface area contributed by atoms with Crippen LogP contribution in [0.3, 0.4) is 0 Å². The van der Waals surface area contributed by atoms with Gasteiger partial charge in [0.2, 0.25) is 5.91 Å². The maximum atomic E-state index is 12.7. The summed E-state index contributed by atoms with van der Waals surface area (Å²) in [6, 6.07) is 9.65. The molecule has 0 aliphatic carbocycles. The van der Waals surface area contributed by atoms with Crippen molar-refractivity contribution in [3.63, 3.8) is 0 Å². The van der Waals surface area contributed by atoms with E-state index in [0.29, 0.717) is 5.92 Å². The molecule has 1 aliphatic rings. The summed E-state index contributed by atoms with van der Waals surface area (Å²) >= 11 is 0. The second-order valence-corrected chi connectivity index (χ2v) is 6.57. The molecule has 0 radical (unpaired) electrons. The quantitative estimate of drug-likeness (QED) is 0.896. The van der Waals surface area contributed by atoms with Crippen LogP contribution in [0.15, 0.2) is 30.3 Å². The Kier molecular flexibility index (Phi) is 9.14. The summed E-state index contributed by atoms with van der Waals surface area (Å²) in [7, 11) is 4.20. The molecule has 1 amide bonds. The molecule has 1 fully saturated rings. The molecule has 6 heteroatoms. The molecule has 4 nitrogen and oxygen atoms in total. The van der Waals surface area contributed by atoms with Gasteiger partial charge in [0.25, 0.3) is 0 Å². The third-order valence-corrected chi connectivity index (χ3v) is 4.34. The fraction of sp³-hybridized carbons (Fsp3) is 0.588. The Hall–Kier alpha value is -0.810. The second-order valence-electron chi connectivity index (χ2n) is 6.57. The molecule has 132 valence electrons. The second kappa shape index (κ2) is 9.48. The van der Waals surface area contributed by atoms with Gasteiger partial charge < -0.3 is 15.5 Å². The van der Waals surface area contributed by atoms with Crippen LogP contribution >= 0.6 is 24.8 Å². The van der Waals surface area contributed by atoms with Crippen molar-refractivity contribution in [2.45, 2.75) is 25.3 Å². The number of hydrogen-bond acceptors (Lipinski definition) is 3. The Balaban J connectivity index is 0.00000242. The molecular formula is C17H29Cl2N3O. The van der Waals surface area contributed by atoms with Gasteiger partial charge in [0.15, 0.2) is 0 Å². The lowest BCUT2D eigenvalue weighted by atomic mass is 9.89. The van der Waals surface area contributed by atoms with Gasteiger partial charge in [-0.25, -0.2) is 0 Å². The first kappa shape index (κ1) is 22.2. The summed E-state index contributed by atoms with van der Waals surface area (Å²) < 4.78 is 0. The summed E-state index contributed by atoms with van der Waals surface area (Å²) in [5, 5.41) is 0. The minimum Gasteiger partial charge on any atom is -0.341 e. The maximum absolute atomic E-state index is 12.7. The van der Waals surface area contributed by atoms with E-state index in [9.17, 15) is 4.79 Å². The van der Waals surface area contributed by atoms with Gasteiger partial charge in [-0.2, -0.15) is 0 Å². The smallest absolute Gasteiger partial charge is 0.246 e. The Morgan fingerprint density at radius 3 is 2.22 bits per heavy atom. The number of likely N-dealkylation sites (tertiary alicyclic amines) is 1. The van der Waals surface area contributed by atoms with Crippen LogP contribution in [0.5, 0.6) is 0 Å². The van der Waals surface area contributed by atoms with Gasteiger partial charge in [0.05, 0.1) is 0 Å². The van der Waals surface area contributed by atoms with Crippen molar-refractivity contribution >= 4 is 30.7 Å². The normalized spacial score (nSPS) is 17.9. The van der Waals surface area contributed by atoms with Crippen LogP contribution in [-0.2, 0) is 10.3 Å². The van der Waals surface area contributed by atoms with E-state index < -0.39 is 5.54 Å². The number of piperidine rings is 1. The molecule has 23 heavy (non-hydrogen) atoms. The topological polar surface area (TPSA) is 49.6 Å². The maximum Gasteiger partial charge on any atom is 0.246 e. The van der Waals surface area contributed by atoms with Gasteiger partial charge in [-0.3, -0.25) is 4.79 Å². The van der Waals surface area contributed by atoms with Crippen LogP contribution in [0.2, 0.25) is 0 Å². The average molecular weight is 362 g/mol. The van der Waals surface area contributed by atoms with Crippen molar-refractivity contribution < 1.29 is 4.79 Å². The molecule has 1 heterocycles. The van der Waals surface area contributed by atoms with E-state index in [0.717, 1.165) is 38.0 Å². The minimum atomic E-state index is -0.935. The van der Waals surface area contributed by atoms with Gasteiger partial charge in [-0.1, -0.05) is 30.3 Å². The first-order valence-electron chi connectivity index (χ1n) is 7.69. The number of halogens is 2. The summed E-state index contributed by atoms with van der Waals surface area (Å²) in [6.07, 6.45) is 2.13. The Bertz CT molecular complexity index is 472. The zero-order valence-corrected chi connectivity index (χ0v) is 15.8. The highest BCUT2D eigenvalue weighted by molar-refractivity contribution is 5.87. The summed E-state index contributed by atoms with van der Waals surface area (Å²) in [4.78, 5) is 16.9. The predicted molar refractivity (Wildman–Crippen MR) is 100 cm³/mol. The van der Waals surface area contributed by atoms with E-state index in [2.05, 4.69) is 19.0 Å². The molecular weight excluding hydrogens is 333 g/mol. The lowest BCUT2D eigenvalue weighted by Gasteiger charge is -2.37. The lowest BCUT2D eigenvalue weighted by Crippen LogP contribution is -2.53. The highest BCUT2D eigenvalue weighted by Gasteiger charge is 2.35. The van der Waals surface area contributed by atoms with Crippen molar-refractivity contribution in [2.24, 2.45) is 11.7 Å². The number of amides is 1. The SMILES string of the molecule is CN(C)CC1CCN(C(=O)C(C)(N)c2ccccc2)CC1.Cl.Cl. The van der Waals surface area contributed by atoms with Crippen molar-refractivity contribution in [3.8, 4) is 0 Å². The van der Waals surface area contributed by atoms with Crippen LogP contribution in [0.1, 0.15) is 25.3 Å². The fourth-order valence-electron chi connectivity index (χ4n) is 3.07. The minimum absolute atomic E-state index is 0. The summed E-state index contributed by atoms with van der Waals surface area (Å²) in [5.74, 6) is 0.724. The van der Waals surface area contributed by atoms with Gasteiger partial charge in [-0.15, -0.1) is 24.8 Å². The number of nitrogens with two attached hydrogens (primary N) is 1. The number of hydrogen-bond donors (Lipinski definition) is 1. The number of benzene rings is 1. The van der Waals surface area contributed by atoms with Crippen molar-refractivity contribution in [1.82, 2.24) is 9.80 Å². The highest BCUT2D eigenvalue weighted by Crippen LogP contribution is 2.24. The zero-order valence-electron chi connectivity index (χ0n) is 14.2. The largest absolute Gasteiger partial charge is 0.341 e. The predicted octanol–water partition coefficient (Wildman–Crippen LogP) is 2.50. The Morgan fingerprint density at radius 1 is 1.22 bits per heavy atom. The van der Waals surface area contributed by atoms with E-state index in [1.54, 1.807) is 0 Å². The molecule has 1 aromatic carbocycles. The van der Waals surface area contributed by atoms with Crippen LogP contribution < -0.4 is 5.73 Å². The summed E-state index contributed by atoms with van der Waals surface area (Å²) in [5.41, 5.74) is 6.27. The standard InChI is InChI=1S/C17H27N3O.2ClH/c1-17(18,15-7-5-4-6-8-15)16(21)20-11-9-14(10-12-20)13-19(2)3;;/h4-8,14H,9-13,18H2,1-3H3;2*1H. The molecule has 0 aromatic heterocycles. The van der Waals surface area contributed by atoms with Gasteiger partial charge in [0, 0.05) is 19.6 Å². The highest BCUT2D eigenvalue weighted by atomic mass is 35.5. The molecule has 1 saturated heterocycles. The first-order chi connectivity index (χ1) is 9.91. The van der Waals surface area contributed by atoms with Crippen molar-refractivity contribution in [1.29, 1.82) is 0 Å². The Morgan fingerprint density at radius 2 is 1.74 bits per heavy atom. The van der Waals surface area contributed by atoms with Crippen LogP contribution in [0.25, 0.3) is 0 Å². The van der Waals surface area contributed by atoms with Gasteiger partial charge in [0.1, 0.15) is 5.54 Å². The zero-order chi connectivity index (χ0) is 15.5. The van der Waals surface area contributed by atoms with Gasteiger partial charge in [-0.05, 0) is 45.3 Å². The molecule has 0 spiro atoms. The van der Waals surface area contributed by atoms with Crippen LogP contribution in [-0.4, -0.2) is 49.4 Å². The monoisotopic (exact) mass is 361 g/mol.